The van der Waals surface area contributed by atoms with Crippen LogP contribution in [-0.2, 0) is 6.73 Å². The Bertz CT molecular complexity index is 973. The number of rotatable bonds is 5. The van der Waals surface area contributed by atoms with Crippen molar-refractivity contribution in [2.45, 2.75) is 6.73 Å². The summed E-state index contributed by atoms with van der Waals surface area (Å²) in [5.41, 5.74) is 0.781. The largest absolute Gasteiger partial charge is 0.486 e. The van der Waals surface area contributed by atoms with Gasteiger partial charge in [-0.1, -0.05) is 12.1 Å². The fourth-order valence-electron chi connectivity index (χ4n) is 2.57. The van der Waals surface area contributed by atoms with E-state index in [1.54, 1.807) is 42.6 Å². The molecule has 0 atom stereocenters. The summed E-state index contributed by atoms with van der Waals surface area (Å²) >= 11 is 0. The van der Waals surface area contributed by atoms with E-state index in [4.69, 9.17) is 14.2 Å². The fourth-order valence-corrected chi connectivity index (χ4v) is 2.57. The first kappa shape index (κ1) is 16.9. The smallest absolute Gasteiger partial charge is 0.276 e. The van der Waals surface area contributed by atoms with Gasteiger partial charge in [-0.3, -0.25) is 4.79 Å². The van der Waals surface area contributed by atoms with Crippen molar-refractivity contribution in [3.8, 4) is 17.2 Å². The maximum absolute atomic E-state index is 13.6. The highest BCUT2D eigenvalue weighted by molar-refractivity contribution is 6.02. The predicted octanol–water partition coefficient (Wildman–Crippen LogP) is 3.08. The maximum atomic E-state index is 13.6. The molecule has 8 heteroatoms. The molecule has 138 valence electrons. The van der Waals surface area contributed by atoms with Crippen LogP contribution in [0.4, 0.5) is 10.1 Å². The van der Waals surface area contributed by atoms with Crippen molar-refractivity contribution in [1.82, 2.24) is 9.78 Å². The van der Waals surface area contributed by atoms with Gasteiger partial charge in [-0.2, -0.15) is 5.10 Å². The van der Waals surface area contributed by atoms with Gasteiger partial charge in [-0.05, 0) is 30.3 Å². The van der Waals surface area contributed by atoms with E-state index in [9.17, 15) is 9.18 Å². The first-order valence-corrected chi connectivity index (χ1v) is 8.31. The lowest BCUT2D eigenvalue weighted by atomic mass is 10.2. The SMILES string of the molecule is O=C(Nc1ccc2c(c1)OCCO2)c1ccn(COc2ccccc2F)n1. The monoisotopic (exact) mass is 369 g/mol. The van der Waals surface area contributed by atoms with Gasteiger partial charge >= 0.3 is 0 Å². The first-order chi connectivity index (χ1) is 13.2. The number of amides is 1. The van der Waals surface area contributed by atoms with Gasteiger partial charge in [0.25, 0.3) is 5.91 Å². The second kappa shape index (κ2) is 7.36. The molecule has 1 aliphatic heterocycles. The Morgan fingerprint density at radius 2 is 1.96 bits per heavy atom. The molecule has 0 saturated carbocycles. The minimum Gasteiger partial charge on any atom is -0.486 e. The van der Waals surface area contributed by atoms with Crippen LogP contribution < -0.4 is 19.5 Å². The number of nitrogens with zero attached hydrogens (tertiary/aromatic N) is 2. The molecule has 4 rings (SSSR count). The van der Waals surface area contributed by atoms with E-state index in [0.29, 0.717) is 30.4 Å². The van der Waals surface area contributed by atoms with Crippen LogP contribution in [-0.4, -0.2) is 28.9 Å². The van der Waals surface area contributed by atoms with Gasteiger partial charge in [-0.25, -0.2) is 9.07 Å². The topological polar surface area (TPSA) is 74.6 Å². The molecule has 1 amide bonds. The molecular weight excluding hydrogens is 353 g/mol. The standard InChI is InChI=1S/C19H16FN3O4/c20-14-3-1-2-4-16(14)27-12-23-8-7-15(22-23)19(24)21-13-5-6-17-18(11-13)26-10-9-25-17/h1-8,11H,9-10,12H2,(H,21,24). The molecule has 0 saturated heterocycles. The van der Waals surface area contributed by atoms with E-state index < -0.39 is 5.82 Å². The molecule has 2 aromatic carbocycles. The fraction of sp³-hybridized carbons (Fsp3) is 0.158. The maximum Gasteiger partial charge on any atom is 0.276 e. The second-order valence-corrected chi connectivity index (χ2v) is 5.76. The molecule has 3 aromatic rings. The Labute approximate surface area is 154 Å². The predicted molar refractivity (Wildman–Crippen MR) is 94.6 cm³/mol. The Hall–Kier alpha value is -3.55. The van der Waals surface area contributed by atoms with Crippen LogP contribution in [0.5, 0.6) is 17.2 Å². The lowest BCUT2D eigenvalue weighted by Gasteiger charge is -2.18. The van der Waals surface area contributed by atoms with Gasteiger partial charge in [0.2, 0.25) is 0 Å². The first-order valence-electron chi connectivity index (χ1n) is 8.31. The summed E-state index contributed by atoms with van der Waals surface area (Å²) in [4.78, 5) is 12.4. The van der Waals surface area contributed by atoms with E-state index in [0.717, 1.165) is 0 Å². The Morgan fingerprint density at radius 1 is 1.15 bits per heavy atom. The van der Waals surface area contributed by atoms with Crippen LogP contribution in [0.15, 0.2) is 54.7 Å². The molecule has 0 unspecified atom stereocenters. The van der Waals surface area contributed by atoms with Crippen LogP contribution in [0.3, 0.4) is 0 Å². The van der Waals surface area contributed by atoms with Crippen molar-refractivity contribution in [1.29, 1.82) is 0 Å². The van der Waals surface area contributed by atoms with E-state index in [1.165, 1.54) is 16.8 Å². The number of aromatic nitrogens is 2. The number of carbonyl (C=O) groups excluding carboxylic acids is 1. The lowest BCUT2D eigenvalue weighted by Crippen LogP contribution is -2.17. The summed E-state index contributed by atoms with van der Waals surface area (Å²) in [5.74, 6) is 0.518. The molecular formula is C19H16FN3O4. The third-order valence-electron chi connectivity index (χ3n) is 3.86. The highest BCUT2D eigenvalue weighted by Crippen LogP contribution is 2.32. The highest BCUT2D eigenvalue weighted by Gasteiger charge is 2.15. The van der Waals surface area contributed by atoms with E-state index in [2.05, 4.69) is 10.4 Å². The third-order valence-corrected chi connectivity index (χ3v) is 3.86. The normalized spacial score (nSPS) is 12.5. The number of ether oxygens (including phenoxy) is 3. The van der Waals surface area contributed by atoms with Gasteiger partial charge in [0.05, 0.1) is 0 Å². The van der Waals surface area contributed by atoms with Gasteiger partial charge in [0.1, 0.15) is 13.2 Å². The molecule has 2 heterocycles. The van der Waals surface area contributed by atoms with E-state index >= 15 is 0 Å². The molecule has 1 N–H and O–H groups in total. The molecule has 1 aliphatic rings. The van der Waals surface area contributed by atoms with Crippen LogP contribution in [0, 0.1) is 5.82 Å². The molecule has 7 nitrogen and oxygen atoms in total. The minimum atomic E-state index is -0.457. The summed E-state index contributed by atoms with van der Waals surface area (Å²) in [6, 6.07) is 12.8. The van der Waals surface area contributed by atoms with Crippen molar-refractivity contribution >= 4 is 11.6 Å². The Morgan fingerprint density at radius 3 is 2.81 bits per heavy atom. The van der Waals surface area contributed by atoms with Crippen molar-refractivity contribution in [3.05, 3.63) is 66.2 Å². The number of benzene rings is 2. The molecule has 0 fully saturated rings. The van der Waals surface area contributed by atoms with Crippen LogP contribution >= 0.6 is 0 Å². The number of para-hydroxylation sites is 1. The van der Waals surface area contributed by atoms with Crippen molar-refractivity contribution in [2.24, 2.45) is 0 Å². The average Bonchev–Trinajstić information content (AvgIpc) is 3.16. The van der Waals surface area contributed by atoms with E-state index in [1.807, 2.05) is 0 Å². The van der Waals surface area contributed by atoms with Crippen molar-refractivity contribution in [2.75, 3.05) is 18.5 Å². The number of anilines is 1. The molecule has 1 aromatic heterocycles. The second-order valence-electron chi connectivity index (χ2n) is 5.76. The Kier molecular flexibility index (Phi) is 4.61. The summed E-state index contributed by atoms with van der Waals surface area (Å²) < 4.78 is 31.3. The number of hydrogen-bond donors (Lipinski definition) is 1. The summed E-state index contributed by atoms with van der Waals surface area (Å²) in [5, 5.41) is 6.89. The number of nitrogens with one attached hydrogen (secondary N) is 1. The molecule has 27 heavy (non-hydrogen) atoms. The zero-order valence-corrected chi connectivity index (χ0v) is 14.2. The van der Waals surface area contributed by atoms with Crippen LogP contribution in [0.1, 0.15) is 10.5 Å². The van der Waals surface area contributed by atoms with Gasteiger partial charge < -0.3 is 19.5 Å². The zero-order valence-electron chi connectivity index (χ0n) is 14.2. The van der Waals surface area contributed by atoms with Crippen molar-refractivity contribution < 1.29 is 23.4 Å². The van der Waals surface area contributed by atoms with E-state index in [-0.39, 0.29) is 24.1 Å². The molecule has 0 radical (unpaired) electrons. The number of fused-ring (bicyclic) bond motifs is 1. The lowest BCUT2D eigenvalue weighted by molar-refractivity contribution is 0.102. The zero-order chi connectivity index (χ0) is 18.6. The number of carbonyl (C=O) groups is 1. The number of halogens is 1. The third kappa shape index (κ3) is 3.84. The molecule has 0 spiro atoms. The summed E-state index contributed by atoms with van der Waals surface area (Å²) in [6.45, 7) is 0.958. The summed E-state index contributed by atoms with van der Waals surface area (Å²) in [6.07, 6.45) is 1.58. The van der Waals surface area contributed by atoms with Gasteiger partial charge in [-0.15, -0.1) is 0 Å². The minimum absolute atomic E-state index is 0.0156. The quantitative estimate of drug-likeness (QED) is 0.748. The summed E-state index contributed by atoms with van der Waals surface area (Å²) in [7, 11) is 0. The van der Waals surface area contributed by atoms with Crippen LogP contribution in [0.25, 0.3) is 0 Å². The van der Waals surface area contributed by atoms with Crippen LogP contribution in [0.2, 0.25) is 0 Å². The van der Waals surface area contributed by atoms with Crippen molar-refractivity contribution in [3.63, 3.8) is 0 Å². The molecule has 0 bridgehead atoms. The highest BCUT2D eigenvalue weighted by atomic mass is 19.1. The average molecular weight is 369 g/mol. The Balaban J connectivity index is 1.39. The van der Waals surface area contributed by atoms with Gasteiger partial charge in [0, 0.05) is 18.0 Å². The van der Waals surface area contributed by atoms with Gasteiger partial charge in [0.15, 0.2) is 35.5 Å². The number of hydrogen-bond acceptors (Lipinski definition) is 5. The molecule has 0 aliphatic carbocycles.